The van der Waals surface area contributed by atoms with Crippen LogP contribution >= 0.6 is 0 Å². The van der Waals surface area contributed by atoms with Crippen molar-refractivity contribution in [2.24, 2.45) is 7.05 Å². The highest BCUT2D eigenvalue weighted by atomic mass is 16.5. The minimum absolute atomic E-state index is 0.505. The van der Waals surface area contributed by atoms with Crippen molar-refractivity contribution in [1.29, 1.82) is 0 Å². The highest BCUT2D eigenvalue weighted by molar-refractivity contribution is 5.28. The van der Waals surface area contributed by atoms with Gasteiger partial charge in [-0.3, -0.25) is 4.68 Å². The summed E-state index contributed by atoms with van der Waals surface area (Å²) < 4.78 is 6.89. The smallest absolute Gasteiger partial charge is 0.118 e. The first kappa shape index (κ1) is 14.6. The zero-order valence-corrected chi connectivity index (χ0v) is 11.9. The minimum atomic E-state index is -0.505. The number of aliphatic hydroxyl groups excluding tert-OH is 1. The number of rotatable bonds is 7. The molecule has 2 rings (SSSR count). The molecule has 1 atom stereocenters. The quantitative estimate of drug-likeness (QED) is 0.748. The molecule has 5 heteroatoms. The van der Waals surface area contributed by atoms with E-state index in [-0.39, 0.29) is 0 Å². The molecular formula is C15H21N3O2. The topological polar surface area (TPSA) is 59.3 Å². The Kier molecular flexibility index (Phi) is 5.15. The van der Waals surface area contributed by atoms with Crippen LogP contribution in [0.1, 0.15) is 17.2 Å². The third-order valence-corrected chi connectivity index (χ3v) is 3.19. The van der Waals surface area contributed by atoms with E-state index in [1.807, 2.05) is 43.7 Å². The molecule has 1 aromatic heterocycles. The summed E-state index contributed by atoms with van der Waals surface area (Å²) in [5, 5.41) is 17.4. The molecule has 5 nitrogen and oxygen atoms in total. The summed E-state index contributed by atoms with van der Waals surface area (Å²) in [6, 6.07) is 7.47. The standard InChI is InChI=1S/C15H21N3O2/c1-18-11-12(9-17-18)7-8-16-10-15(19)13-3-5-14(20-2)6-4-13/h3-6,9,11,15-16,19H,7-8,10H2,1-2H3. The van der Waals surface area contributed by atoms with E-state index >= 15 is 0 Å². The number of nitrogens with one attached hydrogen (secondary N) is 1. The summed E-state index contributed by atoms with van der Waals surface area (Å²) in [5.74, 6) is 0.797. The van der Waals surface area contributed by atoms with Gasteiger partial charge in [-0.05, 0) is 36.2 Å². The molecule has 0 spiro atoms. The number of nitrogens with zero attached hydrogens (tertiary/aromatic N) is 2. The average Bonchev–Trinajstić information content (AvgIpc) is 2.89. The molecule has 0 radical (unpaired) electrons. The molecule has 0 saturated carbocycles. The maximum atomic E-state index is 10.1. The van der Waals surface area contributed by atoms with Gasteiger partial charge in [0.2, 0.25) is 0 Å². The van der Waals surface area contributed by atoms with E-state index in [0.717, 1.165) is 24.3 Å². The number of benzene rings is 1. The Morgan fingerprint density at radius 3 is 2.70 bits per heavy atom. The lowest BCUT2D eigenvalue weighted by Crippen LogP contribution is -2.23. The van der Waals surface area contributed by atoms with Gasteiger partial charge in [0.25, 0.3) is 0 Å². The maximum Gasteiger partial charge on any atom is 0.118 e. The van der Waals surface area contributed by atoms with E-state index in [1.54, 1.807) is 11.8 Å². The zero-order valence-electron chi connectivity index (χ0n) is 11.9. The molecule has 108 valence electrons. The lowest BCUT2D eigenvalue weighted by Gasteiger charge is -2.12. The van der Waals surface area contributed by atoms with E-state index < -0.39 is 6.10 Å². The monoisotopic (exact) mass is 275 g/mol. The van der Waals surface area contributed by atoms with Crippen LogP contribution < -0.4 is 10.1 Å². The highest BCUT2D eigenvalue weighted by Crippen LogP contribution is 2.16. The fourth-order valence-corrected chi connectivity index (χ4v) is 2.02. The Hall–Kier alpha value is -1.85. The van der Waals surface area contributed by atoms with Crippen LogP contribution in [0.25, 0.3) is 0 Å². The van der Waals surface area contributed by atoms with Gasteiger partial charge in [-0.1, -0.05) is 12.1 Å². The van der Waals surface area contributed by atoms with Crippen LogP contribution in [-0.4, -0.2) is 35.1 Å². The van der Waals surface area contributed by atoms with E-state index in [9.17, 15) is 5.11 Å². The van der Waals surface area contributed by atoms with Crippen LogP contribution in [0.15, 0.2) is 36.7 Å². The van der Waals surface area contributed by atoms with Crippen molar-refractivity contribution < 1.29 is 9.84 Å². The van der Waals surface area contributed by atoms with Crippen LogP contribution in [-0.2, 0) is 13.5 Å². The van der Waals surface area contributed by atoms with Gasteiger partial charge >= 0.3 is 0 Å². The molecule has 0 saturated heterocycles. The largest absolute Gasteiger partial charge is 0.497 e. The van der Waals surface area contributed by atoms with Gasteiger partial charge in [0, 0.05) is 19.8 Å². The normalized spacial score (nSPS) is 12.3. The number of aromatic nitrogens is 2. The van der Waals surface area contributed by atoms with Gasteiger partial charge < -0.3 is 15.2 Å². The third-order valence-electron chi connectivity index (χ3n) is 3.19. The van der Waals surface area contributed by atoms with Crippen LogP contribution in [0.3, 0.4) is 0 Å². The molecular weight excluding hydrogens is 254 g/mol. The number of aliphatic hydroxyl groups is 1. The fourth-order valence-electron chi connectivity index (χ4n) is 2.02. The van der Waals surface area contributed by atoms with Crippen molar-refractivity contribution in [3.05, 3.63) is 47.8 Å². The first-order valence-corrected chi connectivity index (χ1v) is 6.69. The van der Waals surface area contributed by atoms with Crippen molar-refractivity contribution in [3.8, 4) is 5.75 Å². The van der Waals surface area contributed by atoms with Gasteiger partial charge in [-0.15, -0.1) is 0 Å². The van der Waals surface area contributed by atoms with Crippen LogP contribution in [0.2, 0.25) is 0 Å². The Bertz CT molecular complexity index is 522. The molecule has 1 heterocycles. The zero-order chi connectivity index (χ0) is 14.4. The Labute approximate surface area is 119 Å². The predicted molar refractivity (Wildman–Crippen MR) is 77.7 cm³/mol. The second-order valence-electron chi connectivity index (χ2n) is 4.77. The number of ether oxygens (including phenoxy) is 1. The molecule has 0 fully saturated rings. The molecule has 2 aromatic rings. The summed E-state index contributed by atoms with van der Waals surface area (Å²) in [6.07, 6.45) is 4.27. The molecule has 0 aliphatic carbocycles. The predicted octanol–water partition coefficient (Wildman–Crippen LogP) is 1.29. The molecule has 2 N–H and O–H groups in total. The molecule has 20 heavy (non-hydrogen) atoms. The summed E-state index contributed by atoms with van der Waals surface area (Å²) in [5.41, 5.74) is 2.08. The SMILES string of the molecule is COc1ccc(C(O)CNCCc2cnn(C)c2)cc1. The van der Waals surface area contributed by atoms with Gasteiger partial charge in [-0.25, -0.2) is 0 Å². The van der Waals surface area contributed by atoms with Crippen molar-refractivity contribution in [2.45, 2.75) is 12.5 Å². The summed E-state index contributed by atoms with van der Waals surface area (Å²) >= 11 is 0. The highest BCUT2D eigenvalue weighted by Gasteiger charge is 2.07. The average molecular weight is 275 g/mol. The van der Waals surface area contributed by atoms with Crippen LogP contribution in [0.4, 0.5) is 0 Å². The first-order chi connectivity index (χ1) is 9.69. The Morgan fingerprint density at radius 2 is 2.10 bits per heavy atom. The van der Waals surface area contributed by atoms with Crippen molar-refractivity contribution in [2.75, 3.05) is 20.2 Å². The lowest BCUT2D eigenvalue weighted by atomic mass is 10.1. The number of aryl methyl sites for hydroxylation is 1. The molecule has 1 aromatic carbocycles. The summed E-state index contributed by atoms with van der Waals surface area (Å²) in [7, 11) is 3.54. The number of methoxy groups -OCH3 is 1. The second kappa shape index (κ2) is 7.07. The fraction of sp³-hybridized carbons (Fsp3) is 0.400. The van der Waals surface area contributed by atoms with Gasteiger partial charge in [0.15, 0.2) is 0 Å². The maximum absolute atomic E-state index is 10.1. The molecule has 0 aliphatic rings. The lowest BCUT2D eigenvalue weighted by molar-refractivity contribution is 0.175. The summed E-state index contributed by atoms with van der Waals surface area (Å²) in [6.45, 7) is 1.35. The van der Waals surface area contributed by atoms with Gasteiger partial charge in [0.1, 0.15) is 5.75 Å². The van der Waals surface area contributed by atoms with Crippen LogP contribution in [0, 0.1) is 0 Å². The Balaban J connectivity index is 1.72. The van der Waals surface area contributed by atoms with Crippen LogP contribution in [0.5, 0.6) is 5.75 Å². The van der Waals surface area contributed by atoms with E-state index in [1.165, 1.54) is 5.56 Å². The first-order valence-electron chi connectivity index (χ1n) is 6.69. The number of hydrogen-bond acceptors (Lipinski definition) is 4. The van der Waals surface area contributed by atoms with Crippen molar-refractivity contribution in [1.82, 2.24) is 15.1 Å². The van der Waals surface area contributed by atoms with Crippen molar-refractivity contribution in [3.63, 3.8) is 0 Å². The van der Waals surface area contributed by atoms with Gasteiger partial charge in [-0.2, -0.15) is 5.10 Å². The minimum Gasteiger partial charge on any atom is -0.497 e. The Morgan fingerprint density at radius 1 is 1.35 bits per heavy atom. The molecule has 0 amide bonds. The summed E-state index contributed by atoms with van der Waals surface area (Å²) in [4.78, 5) is 0. The van der Waals surface area contributed by atoms with Gasteiger partial charge in [0.05, 0.1) is 19.4 Å². The van der Waals surface area contributed by atoms with E-state index in [0.29, 0.717) is 6.54 Å². The van der Waals surface area contributed by atoms with E-state index in [4.69, 9.17) is 4.74 Å². The number of hydrogen-bond donors (Lipinski definition) is 2. The third kappa shape index (κ3) is 4.08. The molecule has 1 unspecified atom stereocenters. The second-order valence-corrected chi connectivity index (χ2v) is 4.77. The van der Waals surface area contributed by atoms with Crippen molar-refractivity contribution >= 4 is 0 Å². The molecule has 0 aliphatic heterocycles. The molecule has 0 bridgehead atoms. The van der Waals surface area contributed by atoms with E-state index in [2.05, 4.69) is 10.4 Å².